The first-order chi connectivity index (χ1) is 11.3. The Morgan fingerprint density at radius 2 is 1.92 bits per heavy atom. The Balaban J connectivity index is 1.70. The maximum absolute atomic E-state index is 12.4. The van der Waals surface area contributed by atoms with E-state index in [1.54, 1.807) is 18.2 Å². The molecule has 6 nitrogen and oxygen atoms in total. The molecule has 1 aliphatic rings. The van der Waals surface area contributed by atoms with E-state index in [1.165, 1.54) is 24.3 Å². The van der Waals surface area contributed by atoms with Crippen molar-refractivity contribution in [2.45, 2.75) is 11.3 Å². The van der Waals surface area contributed by atoms with Crippen molar-refractivity contribution in [3.8, 4) is 5.75 Å². The van der Waals surface area contributed by atoms with Gasteiger partial charge in [0.25, 0.3) is 0 Å². The maximum atomic E-state index is 12.4. The summed E-state index contributed by atoms with van der Waals surface area (Å²) in [5, 5.41) is 8.38. The molecule has 0 bridgehead atoms. The largest absolute Gasteiger partial charge is 0.492 e. The molecular formula is C16H15ClN2O4S. The van der Waals surface area contributed by atoms with Gasteiger partial charge in [0, 0.05) is 10.7 Å². The Hall–Kier alpha value is -2.09. The minimum Gasteiger partial charge on any atom is -0.492 e. The van der Waals surface area contributed by atoms with E-state index < -0.39 is 10.0 Å². The van der Waals surface area contributed by atoms with Crippen molar-refractivity contribution >= 4 is 33.2 Å². The lowest BCUT2D eigenvalue weighted by Crippen LogP contribution is -2.32. The van der Waals surface area contributed by atoms with Crippen LogP contribution in [0.3, 0.4) is 0 Å². The molecule has 2 aromatic rings. The Labute approximate surface area is 144 Å². The van der Waals surface area contributed by atoms with Crippen LogP contribution in [0.1, 0.15) is 5.56 Å². The summed E-state index contributed by atoms with van der Waals surface area (Å²) in [6.07, 6.45) is 0.525. The first-order valence-corrected chi connectivity index (χ1v) is 9.10. The SMILES string of the molecule is NS(=O)(=O)c1ccc(NC(=O)[C@H]2COc3ccc(Cl)cc3C2)cc1. The maximum Gasteiger partial charge on any atom is 0.238 e. The number of benzene rings is 2. The van der Waals surface area contributed by atoms with Gasteiger partial charge in [-0.25, -0.2) is 13.6 Å². The molecule has 0 aromatic heterocycles. The van der Waals surface area contributed by atoms with Crippen LogP contribution in [0.5, 0.6) is 5.75 Å². The lowest BCUT2D eigenvalue weighted by atomic mass is 9.96. The number of nitrogens with two attached hydrogens (primary N) is 1. The lowest BCUT2D eigenvalue weighted by Gasteiger charge is -2.24. The van der Waals surface area contributed by atoms with Crippen molar-refractivity contribution < 1.29 is 17.9 Å². The van der Waals surface area contributed by atoms with Crippen LogP contribution in [-0.2, 0) is 21.2 Å². The highest BCUT2D eigenvalue weighted by molar-refractivity contribution is 7.89. The van der Waals surface area contributed by atoms with E-state index in [4.69, 9.17) is 21.5 Å². The molecule has 0 aliphatic carbocycles. The Morgan fingerprint density at radius 3 is 2.58 bits per heavy atom. The first-order valence-electron chi connectivity index (χ1n) is 7.18. The van der Waals surface area contributed by atoms with Gasteiger partial charge in [-0.2, -0.15) is 0 Å². The number of primary sulfonamides is 1. The van der Waals surface area contributed by atoms with E-state index in [0.29, 0.717) is 17.1 Å². The summed E-state index contributed by atoms with van der Waals surface area (Å²) >= 11 is 5.97. The number of carbonyl (C=O) groups is 1. The molecule has 1 atom stereocenters. The number of anilines is 1. The average Bonchev–Trinajstić information content (AvgIpc) is 2.53. The zero-order chi connectivity index (χ0) is 17.3. The molecule has 0 saturated heterocycles. The van der Waals surface area contributed by atoms with Crippen molar-refractivity contribution in [1.82, 2.24) is 0 Å². The molecule has 2 aromatic carbocycles. The zero-order valence-electron chi connectivity index (χ0n) is 12.5. The van der Waals surface area contributed by atoms with Gasteiger partial charge in [0.2, 0.25) is 15.9 Å². The fraction of sp³-hybridized carbons (Fsp3) is 0.188. The molecule has 24 heavy (non-hydrogen) atoms. The highest BCUT2D eigenvalue weighted by Gasteiger charge is 2.26. The van der Waals surface area contributed by atoms with Crippen LogP contribution >= 0.6 is 11.6 Å². The molecule has 0 radical (unpaired) electrons. The average molecular weight is 367 g/mol. The molecule has 0 unspecified atom stereocenters. The second-order valence-electron chi connectivity index (χ2n) is 5.52. The van der Waals surface area contributed by atoms with E-state index in [-0.39, 0.29) is 23.3 Å². The number of halogens is 1. The number of hydrogen-bond acceptors (Lipinski definition) is 4. The normalized spacial score (nSPS) is 16.8. The third-order valence-corrected chi connectivity index (χ3v) is 4.91. The van der Waals surface area contributed by atoms with Gasteiger partial charge in [-0.3, -0.25) is 4.79 Å². The molecule has 3 N–H and O–H groups in total. The molecule has 1 aliphatic heterocycles. The molecular weight excluding hydrogens is 352 g/mol. The highest BCUT2D eigenvalue weighted by Crippen LogP contribution is 2.30. The van der Waals surface area contributed by atoms with E-state index in [1.807, 2.05) is 0 Å². The van der Waals surface area contributed by atoms with Crippen molar-refractivity contribution in [3.63, 3.8) is 0 Å². The minimum atomic E-state index is -3.75. The fourth-order valence-electron chi connectivity index (χ4n) is 2.50. The van der Waals surface area contributed by atoms with Crippen molar-refractivity contribution in [1.29, 1.82) is 0 Å². The number of hydrogen-bond donors (Lipinski definition) is 2. The second kappa shape index (κ2) is 6.43. The molecule has 0 spiro atoms. The van der Waals surface area contributed by atoms with Gasteiger partial charge in [0.15, 0.2) is 0 Å². The molecule has 8 heteroatoms. The quantitative estimate of drug-likeness (QED) is 0.869. The topological polar surface area (TPSA) is 98.5 Å². The van der Waals surface area contributed by atoms with Gasteiger partial charge < -0.3 is 10.1 Å². The third kappa shape index (κ3) is 3.69. The molecule has 126 valence electrons. The lowest BCUT2D eigenvalue weighted by molar-refractivity contribution is -0.121. The molecule has 0 saturated carbocycles. The fourth-order valence-corrected chi connectivity index (χ4v) is 3.21. The van der Waals surface area contributed by atoms with Crippen LogP contribution in [0.15, 0.2) is 47.4 Å². The summed E-state index contributed by atoms with van der Waals surface area (Å²) in [7, 11) is -3.75. The summed E-state index contributed by atoms with van der Waals surface area (Å²) in [5.74, 6) is 0.179. The highest BCUT2D eigenvalue weighted by atomic mass is 35.5. The molecule has 3 rings (SSSR count). The summed E-state index contributed by atoms with van der Waals surface area (Å²) in [6, 6.07) is 11.0. The molecule has 1 heterocycles. The third-order valence-electron chi connectivity index (χ3n) is 3.75. The summed E-state index contributed by atoms with van der Waals surface area (Å²) < 4.78 is 28.0. The number of rotatable bonds is 3. The van der Waals surface area contributed by atoms with E-state index >= 15 is 0 Å². The number of nitrogens with one attached hydrogen (secondary N) is 1. The van der Waals surface area contributed by atoms with Crippen LogP contribution in [0.25, 0.3) is 0 Å². The Bertz CT molecular complexity index is 881. The van der Waals surface area contributed by atoms with E-state index in [9.17, 15) is 13.2 Å². The van der Waals surface area contributed by atoms with Gasteiger partial charge in [0.05, 0.1) is 10.8 Å². The van der Waals surface area contributed by atoms with Gasteiger partial charge in [-0.1, -0.05) is 11.6 Å². The number of amides is 1. The van der Waals surface area contributed by atoms with Gasteiger partial charge in [-0.05, 0) is 54.4 Å². The van der Waals surface area contributed by atoms with Crippen LogP contribution in [0.2, 0.25) is 5.02 Å². The van der Waals surface area contributed by atoms with Gasteiger partial charge in [0.1, 0.15) is 12.4 Å². The number of fused-ring (bicyclic) bond motifs is 1. The first kappa shape index (κ1) is 16.8. The summed E-state index contributed by atoms with van der Waals surface area (Å²) in [5.41, 5.74) is 1.38. The van der Waals surface area contributed by atoms with Crippen LogP contribution < -0.4 is 15.2 Å². The van der Waals surface area contributed by atoms with Gasteiger partial charge >= 0.3 is 0 Å². The smallest absolute Gasteiger partial charge is 0.238 e. The molecule has 0 fully saturated rings. The monoisotopic (exact) mass is 366 g/mol. The predicted octanol–water partition coefficient (Wildman–Crippen LogP) is 2.18. The standard InChI is InChI=1S/C16H15ClN2O4S/c17-12-1-6-15-10(8-12)7-11(9-23-15)16(20)19-13-2-4-14(5-3-13)24(18,21)22/h1-6,8,11H,7,9H2,(H,19,20)(H2,18,21,22)/t11-/m1/s1. The summed E-state index contributed by atoms with van der Waals surface area (Å²) in [4.78, 5) is 12.4. The Kier molecular flexibility index (Phi) is 4.49. The zero-order valence-corrected chi connectivity index (χ0v) is 14.1. The summed E-state index contributed by atoms with van der Waals surface area (Å²) in [6.45, 7) is 0.274. The van der Waals surface area contributed by atoms with Crippen molar-refractivity contribution in [2.24, 2.45) is 11.1 Å². The minimum absolute atomic E-state index is 0.00920. The van der Waals surface area contributed by atoms with Crippen molar-refractivity contribution in [2.75, 3.05) is 11.9 Å². The Morgan fingerprint density at radius 1 is 1.21 bits per heavy atom. The second-order valence-corrected chi connectivity index (χ2v) is 7.52. The van der Waals surface area contributed by atoms with Crippen LogP contribution in [0, 0.1) is 5.92 Å². The van der Waals surface area contributed by atoms with Crippen LogP contribution in [0.4, 0.5) is 5.69 Å². The number of ether oxygens (including phenoxy) is 1. The number of sulfonamides is 1. The predicted molar refractivity (Wildman–Crippen MR) is 90.6 cm³/mol. The van der Waals surface area contributed by atoms with E-state index in [0.717, 1.165) is 11.3 Å². The van der Waals surface area contributed by atoms with E-state index in [2.05, 4.69) is 5.32 Å². The molecule has 1 amide bonds. The number of carbonyl (C=O) groups excluding carboxylic acids is 1. The van der Waals surface area contributed by atoms with Crippen LogP contribution in [-0.4, -0.2) is 20.9 Å². The van der Waals surface area contributed by atoms with Crippen molar-refractivity contribution in [3.05, 3.63) is 53.1 Å². The van der Waals surface area contributed by atoms with Gasteiger partial charge in [-0.15, -0.1) is 0 Å².